The highest BCUT2D eigenvalue weighted by atomic mass is 19.1. The Kier molecular flexibility index (Phi) is 7.86. The van der Waals surface area contributed by atoms with E-state index in [1.54, 1.807) is 23.3 Å². The molecule has 1 saturated heterocycles. The summed E-state index contributed by atoms with van der Waals surface area (Å²) in [5.41, 5.74) is 0.495. The molecule has 0 aliphatic carbocycles. The molecular formula is C25H30F2N6O4. The van der Waals surface area contributed by atoms with E-state index in [1.807, 2.05) is 0 Å². The molecule has 10 nitrogen and oxygen atoms in total. The van der Waals surface area contributed by atoms with Gasteiger partial charge in [0.15, 0.2) is 5.82 Å². The maximum atomic E-state index is 15.1. The molecule has 1 aromatic carbocycles. The molecule has 2 aromatic heterocycles. The van der Waals surface area contributed by atoms with E-state index in [2.05, 4.69) is 15.3 Å². The number of carbonyl (C=O) groups is 2. The van der Waals surface area contributed by atoms with Gasteiger partial charge in [0.1, 0.15) is 23.6 Å². The fourth-order valence-corrected chi connectivity index (χ4v) is 4.36. The molecule has 0 radical (unpaired) electrons. The summed E-state index contributed by atoms with van der Waals surface area (Å²) in [4.78, 5) is 35.9. The highest BCUT2D eigenvalue weighted by Gasteiger charge is 2.28. The Hall–Kier alpha value is -3.80. The van der Waals surface area contributed by atoms with E-state index >= 15 is 4.39 Å². The third-order valence-corrected chi connectivity index (χ3v) is 6.27. The number of nitrogens with one attached hydrogen (secondary N) is 1. The first-order valence-corrected chi connectivity index (χ1v) is 12.1. The van der Waals surface area contributed by atoms with E-state index in [0.29, 0.717) is 31.6 Å². The van der Waals surface area contributed by atoms with E-state index in [0.717, 1.165) is 6.07 Å². The number of ether oxygens (including phenoxy) is 1. The number of aromatic nitrogens is 3. The van der Waals surface area contributed by atoms with Gasteiger partial charge in [-0.1, -0.05) is 0 Å². The normalized spacial score (nSPS) is 14.3. The minimum Gasteiger partial charge on any atom is -0.447 e. The number of hydrogen-bond donors (Lipinski definition) is 2. The van der Waals surface area contributed by atoms with Crippen LogP contribution in [0.1, 0.15) is 43.1 Å². The second-order valence-corrected chi connectivity index (χ2v) is 9.23. The summed E-state index contributed by atoms with van der Waals surface area (Å²) in [6, 6.07) is 3.82. The average molecular weight is 517 g/mol. The van der Waals surface area contributed by atoms with Gasteiger partial charge in [0.25, 0.3) is 5.91 Å². The van der Waals surface area contributed by atoms with Crippen LogP contribution >= 0.6 is 0 Å². The number of carbonyl (C=O) groups excluding carboxylic acids is 2. The van der Waals surface area contributed by atoms with Crippen molar-refractivity contribution in [3.63, 3.8) is 0 Å². The number of aliphatic hydroxyl groups excluding tert-OH is 1. The molecule has 0 saturated carbocycles. The number of likely N-dealkylation sites (N-methyl/N-ethyl adjacent to an activating group) is 1. The van der Waals surface area contributed by atoms with E-state index in [9.17, 15) is 14.0 Å². The van der Waals surface area contributed by atoms with E-state index in [-0.39, 0.29) is 53.8 Å². The molecule has 2 amide bonds. The Morgan fingerprint density at radius 2 is 1.95 bits per heavy atom. The van der Waals surface area contributed by atoms with Crippen molar-refractivity contribution in [3.8, 4) is 0 Å². The molecule has 3 heterocycles. The second kappa shape index (κ2) is 11.1. The molecule has 37 heavy (non-hydrogen) atoms. The minimum absolute atomic E-state index is 0.0190. The summed E-state index contributed by atoms with van der Waals surface area (Å²) in [6.45, 7) is 4.44. The zero-order valence-corrected chi connectivity index (χ0v) is 20.9. The number of hydrogen-bond acceptors (Lipinski definition) is 7. The van der Waals surface area contributed by atoms with Gasteiger partial charge >= 0.3 is 6.09 Å². The first-order valence-electron chi connectivity index (χ1n) is 12.1. The average Bonchev–Trinajstić information content (AvgIpc) is 3.22. The third-order valence-electron chi connectivity index (χ3n) is 6.27. The second-order valence-electron chi connectivity index (χ2n) is 9.23. The molecule has 0 bridgehead atoms. The predicted molar refractivity (Wildman–Crippen MR) is 133 cm³/mol. The summed E-state index contributed by atoms with van der Waals surface area (Å²) in [5, 5.41) is 11.9. The van der Waals surface area contributed by atoms with Gasteiger partial charge in [-0.05, 0) is 44.9 Å². The fraction of sp³-hybridized carbons (Fsp3) is 0.440. The van der Waals surface area contributed by atoms with Gasteiger partial charge in [0, 0.05) is 44.5 Å². The van der Waals surface area contributed by atoms with Crippen molar-refractivity contribution in [1.82, 2.24) is 24.3 Å². The first kappa shape index (κ1) is 26.3. The number of fused-ring (bicyclic) bond motifs is 1. The zero-order chi connectivity index (χ0) is 26.7. The summed E-state index contributed by atoms with van der Waals surface area (Å²) in [6.07, 6.45) is 3.25. The number of likely N-dealkylation sites (tertiary alicyclic amines) is 1. The van der Waals surface area contributed by atoms with Crippen molar-refractivity contribution in [3.05, 3.63) is 47.9 Å². The molecule has 2 N–H and O–H groups in total. The lowest BCUT2D eigenvalue weighted by Gasteiger charge is -2.32. The van der Waals surface area contributed by atoms with Crippen LogP contribution in [0, 0.1) is 11.6 Å². The maximum absolute atomic E-state index is 15.1. The van der Waals surface area contributed by atoms with E-state index in [4.69, 9.17) is 9.84 Å². The molecule has 198 valence electrons. The lowest BCUT2D eigenvalue weighted by Crippen LogP contribution is -2.40. The van der Waals surface area contributed by atoms with Crippen molar-refractivity contribution >= 4 is 34.5 Å². The van der Waals surface area contributed by atoms with Crippen molar-refractivity contribution in [2.75, 3.05) is 38.6 Å². The molecule has 1 fully saturated rings. The van der Waals surface area contributed by atoms with E-state index in [1.165, 1.54) is 36.6 Å². The van der Waals surface area contributed by atoms with Crippen LogP contribution in [-0.2, 0) is 4.74 Å². The van der Waals surface area contributed by atoms with Crippen LogP contribution in [0.2, 0.25) is 0 Å². The smallest absolute Gasteiger partial charge is 0.410 e. The monoisotopic (exact) mass is 516 g/mol. The standard InChI is InChI=1S/C25H30F2N6O4/c1-15(2)37-25(36)32-8-6-17(7-9-32)33-13-19(27)21-22(28-14-29-23(21)33)30-20-5-4-16(12-18(20)26)24(35)31(3)10-11-34/h4-5,12-15,17,34H,6-11H2,1-3H3,(H,28,29,30). The summed E-state index contributed by atoms with van der Waals surface area (Å²) in [7, 11) is 1.51. The van der Waals surface area contributed by atoms with Gasteiger partial charge in [0.05, 0.1) is 23.8 Å². The number of aliphatic hydroxyl groups is 1. The number of piperidine rings is 1. The number of anilines is 2. The van der Waals surface area contributed by atoms with Gasteiger partial charge in [-0.15, -0.1) is 0 Å². The molecule has 3 aromatic rings. The topological polar surface area (TPSA) is 113 Å². The molecular weight excluding hydrogens is 486 g/mol. The number of benzene rings is 1. The van der Waals surface area contributed by atoms with Gasteiger partial charge in [-0.2, -0.15) is 0 Å². The molecule has 0 atom stereocenters. The molecule has 0 spiro atoms. The summed E-state index contributed by atoms with van der Waals surface area (Å²) < 4.78 is 37.0. The Morgan fingerprint density at radius 1 is 1.22 bits per heavy atom. The molecule has 4 rings (SSSR count). The van der Waals surface area contributed by atoms with Crippen molar-refractivity contribution in [2.24, 2.45) is 0 Å². The summed E-state index contributed by atoms with van der Waals surface area (Å²) >= 11 is 0. The molecule has 1 aliphatic heterocycles. The number of halogens is 2. The molecule has 0 unspecified atom stereocenters. The van der Waals surface area contributed by atoms with Gasteiger partial charge in [0.2, 0.25) is 0 Å². The van der Waals surface area contributed by atoms with Gasteiger partial charge < -0.3 is 29.5 Å². The quantitative estimate of drug-likeness (QED) is 0.492. The number of rotatable bonds is 7. The van der Waals surface area contributed by atoms with Crippen LogP contribution in [-0.4, -0.2) is 80.8 Å². The van der Waals surface area contributed by atoms with Gasteiger partial charge in [-0.25, -0.2) is 23.5 Å². The van der Waals surface area contributed by atoms with Crippen LogP contribution in [0.15, 0.2) is 30.7 Å². The van der Waals surface area contributed by atoms with Crippen molar-refractivity contribution in [2.45, 2.75) is 38.8 Å². The van der Waals surface area contributed by atoms with Gasteiger partial charge in [-0.3, -0.25) is 4.79 Å². The first-order chi connectivity index (χ1) is 17.7. The highest BCUT2D eigenvalue weighted by Crippen LogP contribution is 2.33. The highest BCUT2D eigenvalue weighted by molar-refractivity contribution is 5.95. The number of nitrogens with zero attached hydrogens (tertiary/aromatic N) is 5. The SMILES string of the molecule is CC(C)OC(=O)N1CCC(n2cc(F)c3c(Nc4ccc(C(=O)N(C)CCO)cc4F)ncnc32)CC1. The van der Waals surface area contributed by atoms with Crippen molar-refractivity contribution < 1.29 is 28.2 Å². The zero-order valence-electron chi connectivity index (χ0n) is 20.9. The Labute approximate surface area is 212 Å². The lowest BCUT2D eigenvalue weighted by atomic mass is 10.1. The van der Waals surface area contributed by atoms with Crippen LogP contribution in [0.25, 0.3) is 11.0 Å². The number of amides is 2. The molecule has 1 aliphatic rings. The predicted octanol–water partition coefficient (Wildman–Crippen LogP) is 3.70. The van der Waals surface area contributed by atoms with Crippen LogP contribution in [0.4, 0.5) is 25.1 Å². The largest absolute Gasteiger partial charge is 0.447 e. The Balaban J connectivity index is 1.53. The van der Waals surface area contributed by atoms with Crippen LogP contribution in [0.5, 0.6) is 0 Å². The van der Waals surface area contributed by atoms with Crippen LogP contribution < -0.4 is 5.32 Å². The van der Waals surface area contributed by atoms with Crippen molar-refractivity contribution in [1.29, 1.82) is 0 Å². The summed E-state index contributed by atoms with van der Waals surface area (Å²) in [5.74, 6) is -1.61. The molecule has 12 heteroatoms. The maximum Gasteiger partial charge on any atom is 0.410 e. The Morgan fingerprint density at radius 3 is 2.59 bits per heavy atom. The fourth-order valence-electron chi connectivity index (χ4n) is 4.36. The Bertz CT molecular complexity index is 1290. The van der Waals surface area contributed by atoms with E-state index < -0.39 is 17.5 Å². The van der Waals surface area contributed by atoms with Crippen LogP contribution in [0.3, 0.4) is 0 Å². The lowest BCUT2D eigenvalue weighted by molar-refractivity contribution is 0.0662. The third kappa shape index (κ3) is 5.63. The minimum atomic E-state index is -0.712.